The molecule has 0 saturated heterocycles. The summed E-state index contributed by atoms with van der Waals surface area (Å²) < 4.78 is 1.98. The Morgan fingerprint density at radius 1 is 1.38 bits per heavy atom. The SMILES string of the molecule is CCCNCC(C)Cc1c(C)nn(C)c1C. The molecule has 0 aliphatic heterocycles. The molecule has 1 aromatic heterocycles. The lowest BCUT2D eigenvalue weighted by Gasteiger charge is -2.12. The molecule has 0 amide bonds. The van der Waals surface area contributed by atoms with E-state index in [9.17, 15) is 0 Å². The van der Waals surface area contributed by atoms with Crippen LogP contribution < -0.4 is 5.32 Å². The number of aryl methyl sites for hydroxylation is 2. The Bertz CT molecular complexity index is 328. The molecule has 0 saturated carbocycles. The van der Waals surface area contributed by atoms with E-state index >= 15 is 0 Å². The summed E-state index contributed by atoms with van der Waals surface area (Å²) in [4.78, 5) is 0. The zero-order valence-electron chi connectivity index (χ0n) is 11.3. The maximum absolute atomic E-state index is 4.46. The Morgan fingerprint density at radius 2 is 2.06 bits per heavy atom. The summed E-state index contributed by atoms with van der Waals surface area (Å²) in [6.07, 6.45) is 2.33. The van der Waals surface area contributed by atoms with Gasteiger partial charge in [0.25, 0.3) is 0 Å². The summed E-state index contributed by atoms with van der Waals surface area (Å²) in [5, 5.41) is 7.93. The average Bonchev–Trinajstić information content (AvgIpc) is 2.46. The number of aromatic nitrogens is 2. The quantitative estimate of drug-likeness (QED) is 0.749. The summed E-state index contributed by atoms with van der Waals surface area (Å²) in [6.45, 7) is 11.0. The Hall–Kier alpha value is -0.830. The number of hydrogen-bond acceptors (Lipinski definition) is 2. The van der Waals surface area contributed by atoms with Crippen LogP contribution in [0.4, 0.5) is 0 Å². The summed E-state index contributed by atoms with van der Waals surface area (Å²) >= 11 is 0. The van der Waals surface area contributed by atoms with Gasteiger partial charge in [-0.1, -0.05) is 13.8 Å². The molecule has 1 heterocycles. The van der Waals surface area contributed by atoms with Gasteiger partial charge in [0.15, 0.2) is 0 Å². The van der Waals surface area contributed by atoms with Crippen molar-refractivity contribution < 1.29 is 0 Å². The van der Waals surface area contributed by atoms with Crippen molar-refractivity contribution >= 4 is 0 Å². The van der Waals surface area contributed by atoms with Crippen LogP contribution in [0.15, 0.2) is 0 Å². The van der Waals surface area contributed by atoms with Crippen LogP contribution in [0.5, 0.6) is 0 Å². The van der Waals surface area contributed by atoms with E-state index in [0.717, 1.165) is 19.5 Å². The van der Waals surface area contributed by atoms with Gasteiger partial charge in [-0.3, -0.25) is 4.68 Å². The van der Waals surface area contributed by atoms with Crippen molar-refractivity contribution in [1.29, 1.82) is 0 Å². The maximum Gasteiger partial charge on any atom is 0.0628 e. The first-order valence-electron chi connectivity index (χ1n) is 6.26. The van der Waals surface area contributed by atoms with Gasteiger partial charge in [-0.05, 0) is 51.3 Å². The molecule has 1 rings (SSSR count). The fourth-order valence-corrected chi connectivity index (χ4v) is 2.06. The van der Waals surface area contributed by atoms with Crippen LogP contribution in [0, 0.1) is 19.8 Å². The van der Waals surface area contributed by atoms with Crippen LogP contribution in [0.25, 0.3) is 0 Å². The van der Waals surface area contributed by atoms with E-state index in [1.807, 2.05) is 11.7 Å². The first-order chi connectivity index (χ1) is 7.56. The minimum absolute atomic E-state index is 0.674. The van der Waals surface area contributed by atoms with Crippen molar-refractivity contribution in [3.05, 3.63) is 17.0 Å². The van der Waals surface area contributed by atoms with Crippen LogP contribution in [0.3, 0.4) is 0 Å². The first-order valence-corrected chi connectivity index (χ1v) is 6.26. The van der Waals surface area contributed by atoms with Gasteiger partial charge in [0.05, 0.1) is 5.69 Å². The van der Waals surface area contributed by atoms with Gasteiger partial charge in [0.2, 0.25) is 0 Å². The van der Waals surface area contributed by atoms with Crippen LogP contribution in [-0.4, -0.2) is 22.9 Å². The van der Waals surface area contributed by atoms with Gasteiger partial charge in [0.1, 0.15) is 0 Å². The molecule has 16 heavy (non-hydrogen) atoms. The molecule has 0 radical (unpaired) electrons. The molecule has 3 nitrogen and oxygen atoms in total. The topological polar surface area (TPSA) is 29.9 Å². The Morgan fingerprint density at radius 3 is 2.56 bits per heavy atom. The summed E-state index contributed by atoms with van der Waals surface area (Å²) in [7, 11) is 2.02. The van der Waals surface area contributed by atoms with E-state index < -0.39 is 0 Å². The molecule has 92 valence electrons. The van der Waals surface area contributed by atoms with E-state index in [1.165, 1.54) is 23.4 Å². The number of hydrogen-bond donors (Lipinski definition) is 1. The molecule has 3 heteroatoms. The number of nitrogens with zero attached hydrogens (tertiary/aromatic N) is 2. The predicted octanol–water partition coefficient (Wildman–Crippen LogP) is 2.22. The molecule has 0 fully saturated rings. The van der Waals surface area contributed by atoms with Crippen LogP contribution in [0.1, 0.15) is 37.2 Å². The first kappa shape index (κ1) is 13.2. The molecule has 1 atom stereocenters. The third-order valence-electron chi connectivity index (χ3n) is 3.13. The largest absolute Gasteiger partial charge is 0.316 e. The lowest BCUT2D eigenvalue weighted by atomic mass is 9.99. The normalized spacial score (nSPS) is 13.1. The van der Waals surface area contributed by atoms with Gasteiger partial charge in [-0.25, -0.2) is 0 Å². The van der Waals surface area contributed by atoms with Crippen molar-refractivity contribution in [2.75, 3.05) is 13.1 Å². The molecule has 1 unspecified atom stereocenters. The summed E-state index contributed by atoms with van der Waals surface area (Å²) in [5.41, 5.74) is 3.91. The van der Waals surface area contributed by atoms with Crippen LogP contribution in [0.2, 0.25) is 0 Å². The highest BCUT2D eigenvalue weighted by molar-refractivity contribution is 5.24. The lowest BCUT2D eigenvalue weighted by Crippen LogP contribution is -2.23. The van der Waals surface area contributed by atoms with Gasteiger partial charge in [-0.15, -0.1) is 0 Å². The highest BCUT2D eigenvalue weighted by Gasteiger charge is 2.12. The summed E-state index contributed by atoms with van der Waals surface area (Å²) in [6, 6.07) is 0. The van der Waals surface area contributed by atoms with E-state index in [4.69, 9.17) is 0 Å². The Labute approximate surface area is 99.2 Å². The lowest BCUT2D eigenvalue weighted by molar-refractivity contribution is 0.509. The number of rotatable bonds is 6. The fourth-order valence-electron chi connectivity index (χ4n) is 2.06. The highest BCUT2D eigenvalue weighted by Crippen LogP contribution is 2.16. The van der Waals surface area contributed by atoms with Crippen LogP contribution in [-0.2, 0) is 13.5 Å². The molecule has 0 aliphatic rings. The van der Waals surface area contributed by atoms with Crippen molar-refractivity contribution in [3.8, 4) is 0 Å². The average molecular weight is 223 g/mol. The molecule has 0 aliphatic carbocycles. The monoisotopic (exact) mass is 223 g/mol. The Balaban J connectivity index is 2.52. The van der Waals surface area contributed by atoms with Gasteiger partial charge < -0.3 is 5.32 Å². The molecule has 0 bridgehead atoms. The molecule has 0 spiro atoms. The van der Waals surface area contributed by atoms with Crippen LogP contribution >= 0.6 is 0 Å². The minimum Gasteiger partial charge on any atom is -0.316 e. The van der Waals surface area contributed by atoms with E-state index in [2.05, 4.69) is 38.1 Å². The smallest absolute Gasteiger partial charge is 0.0628 e. The molecule has 1 N–H and O–H groups in total. The summed E-state index contributed by atoms with van der Waals surface area (Å²) in [5.74, 6) is 0.674. The van der Waals surface area contributed by atoms with Gasteiger partial charge >= 0.3 is 0 Å². The molecule has 1 aromatic rings. The standard InChI is InChI=1S/C13H25N3/c1-6-7-14-9-10(2)8-13-11(3)15-16(5)12(13)4/h10,14H,6-9H2,1-5H3. The second kappa shape index (κ2) is 6.04. The zero-order valence-corrected chi connectivity index (χ0v) is 11.3. The Kier molecular flexibility index (Phi) is 5.00. The van der Waals surface area contributed by atoms with Crippen molar-refractivity contribution in [3.63, 3.8) is 0 Å². The van der Waals surface area contributed by atoms with Gasteiger partial charge in [0, 0.05) is 12.7 Å². The van der Waals surface area contributed by atoms with Crippen molar-refractivity contribution in [2.24, 2.45) is 13.0 Å². The van der Waals surface area contributed by atoms with E-state index in [0.29, 0.717) is 5.92 Å². The van der Waals surface area contributed by atoms with Gasteiger partial charge in [-0.2, -0.15) is 5.10 Å². The molecule has 0 aromatic carbocycles. The molecular formula is C13H25N3. The minimum atomic E-state index is 0.674. The predicted molar refractivity (Wildman–Crippen MR) is 68.7 cm³/mol. The zero-order chi connectivity index (χ0) is 12.1. The van der Waals surface area contributed by atoms with E-state index in [-0.39, 0.29) is 0 Å². The van der Waals surface area contributed by atoms with Crippen molar-refractivity contribution in [1.82, 2.24) is 15.1 Å². The third kappa shape index (κ3) is 3.34. The van der Waals surface area contributed by atoms with Crippen molar-refractivity contribution in [2.45, 2.75) is 40.5 Å². The number of nitrogens with one attached hydrogen (secondary N) is 1. The van der Waals surface area contributed by atoms with E-state index in [1.54, 1.807) is 0 Å². The fraction of sp³-hybridized carbons (Fsp3) is 0.769. The molecular weight excluding hydrogens is 198 g/mol. The second-order valence-corrected chi connectivity index (χ2v) is 4.79. The third-order valence-corrected chi connectivity index (χ3v) is 3.13. The maximum atomic E-state index is 4.46. The highest BCUT2D eigenvalue weighted by atomic mass is 15.3. The second-order valence-electron chi connectivity index (χ2n) is 4.79.